The quantitative estimate of drug-likeness (QED) is 0.344. The molecule has 0 amide bonds. The summed E-state index contributed by atoms with van der Waals surface area (Å²) in [5.41, 5.74) is 2.30. The van der Waals surface area contributed by atoms with Crippen LogP contribution in [0.15, 0.2) is 52.0 Å². The first kappa shape index (κ1) is 23.7. The zero-order valence-corrected chi connectivity index (χ0v) is 19.4. The van der Waals surface area contributed by atoms with Crippen LogP contribution in [0.25, 0.3) is 34.1 Å². The molecule has 1 N–H and O–H groups in total. The van der Waals surface area contributed by atoms with E-state index in [4.69, 9.17) is 18.8 Å². The molecule has 0 bridgehead atoms. The molecule has 0 aromatic carbocycles. The van der Waals surface area contributed by atoms with E-state index in [1.807, 2.05) is 24.3 Å². The topological polar surface area (TPSA) is 93.1 Å². The van der Waals surface area contributed by atoms with Crippen molar-refractivity contribution >= 4 is 29.4 Å². The third-order valence-corrected chi connectivity index (χ3v) is 5.37. The van der Waals surface area contributed by atoms with E-state index in [9.17, 15) is 0 Å². The lowest BCUT2D eigenvalue weighted by atomic mass is 10.1. The number of aromatic nitrogens is 4. The number of furan rings is 2. The number of halogens is 1. The Morgan fingerprint density at radius 1 is 0.969 bits per heavy atom. The van der Waals surface area contributed by atoms with E-state index in [0.29, 0.717) is 39.9 Å². The summed E-state index contributed by atoms with van der Waals surface area (Å²) in [6.45, 7) is 9.82. The normalized spacial score (nSPS) is 12.1. The Morgan fingerprint density at radius 2 is 1.62 bits per heavy atom. The van der Waals surface area contributed by atoms with Gasteiger partial charge < -0.3 is 19.1 Å². The van der Waals surface area contributed by atoms with E-state index in [-0.39, 0.29) is 18.4 Å². The average Bonchev–Trinajstić information content (AvgIpc) is 3.51. The van der Waals surface area contributed by atoms with Crippen LogP contribution in [-0.2, 0) is 0 Å². The van der Waals surface area contributed by atoms with Crippen molar-refractivity contribution in [2.75, 3.05) is 25.0 Å². The fraction of sp³-hybridized carbons (Fsp3) is 0.391. The molecular weight excluding hydrogens is 428 g/mol. The van der Waals surface area contributed by atoms with Gasteiger partial charge in [-0.05, 0) is 63.7 Å². The number of fused-ring (bicyclic) bond motifs is 1. The molecule has 4 aromatic heterocycles. The van der Waals surface area contributed by atoms with E-state index in [1.165, 1.54) is 6.33 Å². The maximum absolute atomic E-state index is 5.61. The average molecular weight is 457 g/mol. The van der Waals surface area contributed by atoms with Crippen molar-refractivity contribution in [1.82, 2.24) is 24.8 Å². The van der Waals surface area contributed by atoms with Crippen LogP contribution in [-0.4, -0.2) is 50.5 Å². The number of nitrogens with one attached hydrogen (secondary N) is 1. The van der Waals surface area contributed by atoms with E-state index in [2.05, 4.69) is 41.0 Å². The van der Waals surface area contributed by atoms with Gasteiger partial charge in [-0.1, -0.05) is 13.8 Å². The van der Waals surface area contributed by atoms with Crippen LogP contribution >= 0.6 is 12.4 Å². The molecule has 1 unspecified atom stereocenters. The number of nitrogens with zero attached hydrogens (tertiary/aromatic N) is 5. The zero-order chi connectivity index (χ0) is 21.6. The van der Waals surface area contributed by atoms with E-state index < -0.39 is 0 Å². The first-order valence-electron chi connectivity index (χ1n) is 10.8. The fourth-order valence-corrected chi connectivity index (χ4v) is 3.62. The van der Waals surface area contributed by atoms with Gasteiger partial charge in [0.1, 0.15) is 17.7 Å². The lowest BCUT2D eigenvalue weighted by molar-refractivity contribution is 0.295. The minimum atomic E-state index is 0. The van der Waals surface area contributed by atoms with Gasteiger partial charge in [-0.2, -0.15) is 0 Å². The number of hydrogen-bond acceptors (Lipinski definition) is 8. The van der Waals surface area contributed by atoms with Crippen molar-refractivity contribution in [3.05, 3.63) is 43.1 Å². The summed E-state index contributed by atoms with van der Waals surface area (Å²) in [6, 6.07) is 7.59. The Kier molecular flexibility index (Phi) is 8.19. The number of hydrogen-bond donors (Lipinski definition) is 1. The standard InChI is InChI=1S/C23H28N6O2.ClH/c1-4-29(5-2)12-6-9-16(3)26-22-21-23(25-15-24-22)28-20(18-11-8-14-31-18)19(27-21)17-10-7-13-30-17;/h7-8,10-11,13-16H,4-6,9,12H2,1-3H3,(H,24,25,26,28);1H. The monoisotopic (exact) mass is 456 g/mol. The van der Waals surface area contributed by atoms with Crippen molar-refractivity contribution < 1.29 is 8.83 Å². The van der Waals surface area contributed by atoms with Crippen LogP contribution in [0.1, 0.15) is 33.6 Å². The minimum Gasteiger partial charge on any atom is -0.463 e. The first-order chi connectivity index (χ1) is 15.2. The Labute approximate surface area is 193 Å². The molecule has 0 fully saturated rings. The molecule has 4 aromatic rings. The van der Waals surface area contributed by atoms with Crippen molar-refractivity contribution in [2.24, 2.45) is 0 Å². The molecule has 0 aliphatic heterocycles. The Morgan fingerprint density at radius 3 is 2.22 bits per heavy atom. The Balaban J connectivity index is 0.00000289. The second-order valence-corrected chi connectivity index (χ2v) is 7.48. The van der Waals surface area contributed by atoms with Crippen LogP contribution in [0.3, 0.4) is 0 Å². The van der Waals surface area contributed by atoms with Crippen molar-refractivity contribution in [3.8, 4) is 22.9 Å². The third kappa shape index (κ3) is 5.26. The highest BCUT2D eigenvalue weighted by Gasteiger charge is 2.20. The predicted octanol–water partition coefficient (Wildman–Crippen LogP) is 5.28. The second kappa shape index (κ2) is 11.1. The maximum atomic E-state index is 5.61. The lowest BCUT2D eigenvalue weighted by Gasteiger charge is -2.20. The van der Waals surface area contributed by atoms with Gasteiger partial charge in [-0.15, -0.1) is 12.4 Å². The van der Waals surface area contributed by atoms with Gasteiger partial charge in [0.2, 0.25) is 0 Å². The molecule has 1 atom stereocenters. The van der Waals surface area contributed by atoms with Crippen LogP contribution in [0.4, 0.5) is 5.82 Å². The molecule has 0 spiro atoms. The van der Waals surface area contributed by atoms with E-state index in [1.54, 1.807) is 12.5 Å². The predicted molar refractivity (Wildman–Crippen MR) is 128 cm³/mol. The molecule has 9 heteroatoms. The summed E-state index contributed by atoms with van der Waals surface area (Å²) in [5, 5.41) is 3.50. The van der Waals surface area contributed by atoms with Gasteiger partial charge in [0.15, 0.2) is 28.5 Å². The second-order valence-electron chi connectivity index (χ2n) is 7.48. The van der Waals surface area contributed by atoms with Crippen molar-refractivity contribution in [1.29, 1.82) is 0 Å². The molecule has 0 radical (unpaired) electrons. The van der Waals surface area contributed by atoms with Crippen LogP contribution in [0, 0.1) is 0 Å². The lowest BCUT2D eigenvalue weighted by Crippen LogP contribution is -2.25. The minimum absolute atomic E-state index is 0. The first-order valence-corrected chi connectivity index (χ1v) is 10.8. The highest BCUT2D eigenvalue weighted by Crippen LogP contribution is 2.32. The fourth-order valence-electron chi connectivity index (χ4n) is 3.62. The zero-order valence-electron chi connectivity index (χ0n) is 18.6. The summed E-state index contributed by atoms with van der Waals surface area (Å²) in [4.78, 5) is 20.8. The highest BCUT2D eigenvalue weighted by atomic mass is 35.5. The largest absolute Gasteiger partial charge is 0.463 e. The van der Waals surface area contributed by atoms with E-state index >= 15 is 0 Å². The molecule has 0 saturated heterocycles. The number of anilines is 1. The third-order valence-electron chi connectivity index (χ3n) is 5.37. The maximum Gasteiger partial charge on any atom is 0.184 e. The summed E-state index contributed by atoms with van der Waals surface area (Å²) < 4.78 is 11.2. The summed E-state index contributed by atoms with van der Waals surface area (Å²) in [7, 11) is 0. The molecular formula is C23H29ClN6O2. The number of rotatable bonds is 10. The van der Waals surface area contributed by atoms with Gasteiger partial charge in [0.05, 0.1) is 12.5 Å². The molecule has 0 aliphatic carbocycles. The van der Waals surface area contributed by atoms with Gasteiger partial charge >= 0.3 is 0 Å². The summed E-state index contributed by atoms with van der Waals surface area (Å²) in [5.74, 6) is 1.90. The highest BCUT2D eigenvalue weighted by molar-refractivity contribution is 5.87. The van der Waals surface area contributed by atoms with Crippen LogP contribution in [0.5, 0.6) is 0 Å². The molecule has 0 aliphatic rings. The van der Waals surface area contributed by atoms with Gasteiger partial charge in [-0.3, -0.25) is 0 Å². The van der Waals surface area contributed by atoms with E-state index in [0.717, 1.165) is 32.5 Å². The SMILES string of the molecule is CCN(CC)CCCC(C)Nc1ncnc2nc(-c3ccco3)c(-c3ccco3)nc12.Cl. The molecule has 0 saturated carbocycles. The van der Waals surface area contributed by atoms with Gasteiger partial charge in [0, 0.05) is 6.04 Å². The summed E-state index contributed by atoms with van der Waals surface area (Å²) in [6.07, 6.45) is 6.89. The van der Waals surface area contributed by atoms with Crippen molar-refractivity contribution in [2.45, 2.75) is 39.7 Å². The van der Waals surface area contributed by atoms with Crippen LogP contribution in [0.2, 0.25) is 0 Å². The smallest absolute Gasteiger partial charge is 0.184 e. The molecule has 170 valence electrons. The Bertz CT molecular complexity index is 1100. The van der Waals surface area contributed by atoms with Crippen molar-refractivity contribution in [3.63, 3.8) is 0 Å². The summed E-state index contributed by atoms with van der Waals surface area (Å²) >= 11 is 0. The molecule has 32 heavy (non-hydrogen) atoms. The van der Waals surface area contributed by atoms with Gasteiger partial charge in [-0.25, -0.2) is 19.9 Å². The van der Waals surface area contributed by atoms with Gasteiger partial charge in [0.25, 0.3) is 0 Å². The molecule has 4 rings (SSSR count). The molecule has 4 heterocycles. The molecule has 8 nitrogen and oxygen atoms in total. The Hall–Kier alpha value is -2.97. The van der Waals surface area contributed by atoms with Crippen LogP contribution < -0.4 is 5.32 Å².